The van der Waals surface area contributed by atoms with Crippen molar-refractivity contribution in [1.82, 2.24) is 4.90 Å². The summed E-state index contributed by atoms with van der Waals surface area (Å²) < 4.78 is 0. The first-order chi connectivity index (χ1) is 12.1. The zero-order chi connectivity index (χ0) is 17.4. The van der Waals surface area contributed by atoms with Crippen molar-refractivity contribution in [3.05, 3.63) is 71.8 Å². The third kappa shape index (κ3) is 2.92. The largest absolute Gasteiger partial charge is 0.339 e. The fourth-order valence-electron chi connectivity index (χ4n) is 3.65. The SMILES string of the molecule is CC(=O)c1ccc2c(c1)CN(C)CCN2c1cccc2ccccc12. The molecule has 3 nitrogen and oxygen atoms in total. The van der Waals surface area contributed by atoms with Gasteiger partial charge < -0.3 is 9.80 Å². The molecule has 3 aromatic rings. The van der Waals surface area contributed by atoms with Gasteiger partial charge in [0.15, 0.2) is 5.78 Å². The van der Waals surface area contributed by atoms with Crippen LogP contribution >= 0.6 is 0 Å². The summed E-state index contributed by atoms with van der Waals surface area (Å²) in [7, 11) is 2.14. The summed E-state index contributed by atoms with van der Waals surface area (Å²) in [5.74, 6) is 0.117. The first-order valence-electron chi connectivity index (χ1n) is 8.71. The Morgan fingerprint density at radius 3 is 2.56 bits per heavy atom. The number of fused-ring (bicyclic) bond motifs is 2. The smallest absolute Gasteiger partial charge is 0.159 e. The lowest BCUT2D eigenvalue weighted by Gasteiger charge is -2.26. The van der Waals surface area contributed by atoms with E-state index in [9.17, 15) is 4.79 Å². The average Bonchev–Trinajstić information content (AvgIpc) is 2.78. The Bertz CT molecular complexity index is 942. The predicted molar refractivity (Wildman–Crippen MR) is 104 cm³/mol. The molecule has 0 saturated heterocycles. The molecule has 25 heavy (non-hydrogen) atoms. The Hall–Kier alpha value is -2.65. The molecule has 1 heterocycles. The molecule has 0 saturated carbocycles. The minimum absolute atomic E-state index is 0.117. The zero-order valence-electron chi connectivity index (χ0n) is 14.7. The maximum atomic E-state index is 11.8. The number of ketones is 1. The van der Waals surface area contributed by atoms with E-state index in [1.165, 1.54) is 27.7 Å². The van der Waals surface area contributed by atoms with Crippen LogP contribution in [0.25, 0.3) is 10.8 Å². The maximum Gasteiger partial charge on any atom is 0.159 e. The Kier molecular flexibility index (Phi) is 4.02. The van der Waals surface area contributed by atoms with E-state index in [4.69, 9.17) is 0 Å². The van der Waals surface area contributed by atoms with Crippen LogP contribution in [0.5, 0.6) is 0 Å². The van der Waals surface area contributed by atoms with Crippen molar-refractivity contribution < 1.29 is 4.79 Å². The van der Waals surface area contributed by atoms with Gasteiger partial charge in [-0.05, 0) is 49.2 Å². The van der Waals surface area contributed by atoms with Crippen LogP contribution in [-0.4, -0.2) is 30.8 Å². The number of carbonyl (C=O) groups excluding carboxylic acids is 1. The van der Waals surface area contributed by atoms with Crippen LogP contribution in [0.3, 0.4) is 0 Å². The second-order valence-corrected chi connectivity index (χ2v) is 6.79. The Morgan fingerprint density at radius 1 is 0.920 bits per heavy atom. The lowest BCUT2D eigenvalue weighted by molar-refractivity contribution is 0.101. The number of rotatable bonds is 2. The Morgan fingerprint density at radius 2 is 1.72 bits per heavy atom. The number of carbonyl (C=O) groups is 1. The number of anilines is 2. The van der Waals surface area contributed by atoms with Crippen molar-refractivity contribution in [1.29, 1.82) is 0 Å². The molecule has 1 aliphatic heterocycles. The highest BCUT2D eigenvalue weighted by molar-refractivity contribution is 5.97. The van der Waals surface area contributed by atoms with Crippen LogP contribution < -0.4 is 4.90 Å². The van der Waals surface area contributed by atoms with Gasteiger partial charge >= 0.3 is 0 Å². The van der Waals surface area contributed by atoms with Crippen LogP contribution in [0.15, 0.2) is 60.7 Å². The van der Waals surface area contributed by atoms with Crippen molar-refractivity contribution in [2.45, 2.75) is 13.5 Å². The van der Waals surface area contributed by atoms with Gasteiger partial charge in [0.2, 0.25) is 0 Å². The number of hydrogen-bond donors (Lipinski definition) is 0. The molecule has 1 aliphatic rings. The number of nitrogens with zero attached hydrogens (tertiary/aromatic N) is 2. The lowest BCUT2D eigenvalue weighted by atomic mass is 10.0. The van der Waals surface area contributed by atoms with Crippen LogP contribution in [0.2, 0.25) is 0 Å². The molecule has 0 atom stereocenters. The van der Waals surface area contributed by atoms with Crippen molar-refractivity contribution in [2.75, 3.05) is 25.0 Å². The van der Waals surface area contributed by atoms with Gasteiger partial charge in [0, 0.05) is 42.0 Å². The number of Topliss-reactive ketones (excluding diaryl/α,β-unsaturated/α-hetero) is 1. The average molecular weight is 330 g/mol. The van der Waals surface area contributed by atoms with Gasteiger partial charge in [-0.25, -0.2) is 0 Å². The molecule has 0 spiro atoms. The molecule has 4 rings (SSSR count). The highest BCUT2D eigenvalue weighted by Gasteiger charge is 2.21. The van der Waals surface area contributed by atoms with Crippen LogP contribution in [0.4, 0.5) is 11.4 Å². The lowest BCUT2D eigenvalue weighted by Crippen LogP contribution is -2.26. The van der Waals surface area contributed by atoms with E-state index in [0.29, 0.717) is 0 Å². The molecule has 126 valence electrons. The molecule has 0 aliphatic carbocycles. The first-order valence-corrected chi connectivity index (χ1v) is 8.71. The van der Waals surface area contributed by atoms with Crippen molar-refractivity contribution in [3.63, 3.8) is 0 Å². The molecule has 0 radical (unpaired) electrons. The van der Waals surface area contributed by atoms with Gasteiger partial charge in [-0.15, -0.1) is 0 Å². The van der Waals surface area contributed by atoms with E-state index >= 15 is 0 Å². The van der Waals surface area contributed by atoms with Gasteiger partial charge in [-0.3, -0.25) is 4.79 Å². The quantitative estimate of drug-likeness (QED) is 0.640. The molecule has 0 fully saturated rings. The van der Waals surface area contributed by atoms with Gasteiger partial charge in [0.05, 0.1) is 0 Å². The van der Waals surface area contributed by atoms with E-state index in [1.807, 2.05) is 6.07 Å². The minimum Gasteiger partial charge on any atom is -0.339 e. The second-order valence-electron chi connectivity index (χ2n) is 6.79. The van der Waals surface area contributed by atoms with Gasteiger partial charge in [0.1, 0.15) is 0 Å². The molecular weight excluding hydrogens is 308 g/mol. The van der Waals surface area contributed by atoms with E-state index in [2.05, 4.69) is 71.4 Å². The fraction of sp³-hybridized carbons (Fsp3) is 0.227. The third-order valence-corrected chi connectivity index (χ3v) is 4.98. The molecule has 0 unspecified atom stereocenters. The molecule has 3 heteroatoms. The summed E-state index contributed by atoms with van der Waals surface area (Å²) >= 11 is 0. The monoisotopic (exact) mass is 330 g/mol. The number of hydrogen-bond acceptors (Lipinski definition) is 3. The normalized spacial score (nSPS) is 15.0. The van der Waals surface area contributed by atoms with Gasteiger partial charge in [-0.2, -0.15) is 0 Å². The van der Waals surface area contributed by atoms with E-state index in [0.717, 1.165) is 25.2 Å². The van der Waals surface area contributed by atoms with Crippen molar-refractivity contribution in [2.24, 2.45) is 0 Å². The van der Waals surface area contributed by atoms with Crippen LogP contribution in [0.1, 0.15) is 22.8 Å². The van der Waals surface area contributed by atoms with Gasteiger partial charge in [0.25, 0.3) is 0 Å². The standard InChI is InChI=1S/C22H22N2O/c1-16(25)18-10-11-21-19(14-18)15-23(2)12-13-24(21)22-9-5-7-17-6-3-4-8-20(17)22/h3-11,14H,12-13,15H2,1-2H3. The minimum atomic E-state index is 0.117. The van der Waals surface area contributed by atoms with Crippen LogP contribution in [0, 0.1) is 0 Å². The zero-order valence-corrected chi connectivity index (χ0v) is 14.7. The predicted octanol–water partition coefficient (Wildman–Crippen LogP) is 4.63. The molecule has 0 N–H and O–H groups in total. The number of likely N-dealkylation sites (N-methyl/N-ethyl adjacent to an activating group) is 1. The molecular formula is C22H22N2O. The summed E-state index contributed by atoms with van der Waals surface area (Å²) in [6.45, 7) is 4.40. The highest BCUT2D eigenvalue weighted by Crippen LogP contribution is 2.36. The van der Waals surface area contributed by atoms with E-state index in [-0.39, 0.29) is 5.78 Å². The maximum absolute atomic E-state index is 11.8. The second kappa shape index (κ2) is 6.34. The molecule has 0 aromatic heterocycles. The molecule has 0 amide bonds. The summed E-state index contributed by atoms with van der Waals surface area (Å²) in [6, 6.07) is 21.1. The van der Waals surface area contributed by atoms with Crippen molar-refractivity contribution in [3.8, 4) is 0 Å². The summed E-state index contributed by atoms with van der Waals surface area (Å²) in [4.78, 5) is 16.5. The Labute approximate surface area is 148 Å². The summed E-state index contributed by atoms with van der Waals surface area (Å²) in [5.41, 5.74) is 4.42. The first kappa shape index (κ1) is 15.9. The molecule has 3 aromatic carbocycles. The summed E-state index contributed by atoms with van der Waals surface area (Å²) in [5, 5.41) is 2.51. The Balaban J connectivity index is 1.89. The van der Waals surface area contributed by atoms with Crippen LogP contribution in [-0.2, 0) is 6.54 Å². The highest BCUT2D eigenvalue weighted by atomic mass is 16.1. The summed E-state index contributed by atoms with van der Waals surface area (Å²) in [6.07, 6.45) is 0. The number of benzene rings is 3. The topological polar surface area (TPSA) is 23.6 Å². The third-order valence-electron chi connectivity index (χ3n) is 4.98. The molecule has 0 bridgehead atoms. The fourth-order valence-corrected chi connectivity index (χ4v) is 3.65. The van der Waals surface area contributed by atoms with E-state index < -0.39 is 0 Å². The van der Waals surface area contributed by atoms with E-state index in [1.54, 1.807) is 6.92 Å². The van der Waals surface area contributed by atoms with Gasteiger partial charge in [-0.1, -0.05) is 36.4 Å². The van der Waals surface area contributed by atoms with Crippen molar-refractivity contribution >= 4 is 27.9 Å².